The number of hydrogen-bond donors (Lipinski definition) is 2. The number of benzene rings is 1. The van der Waals surface area contributed by atoms with Gasteiger partial charge in [0.05, 0.1) is 11.2 Å². The highest BCUT2D eigenvalue weighted by Crippen LogP contribution is 2.28. The van der Waals surface area contributed by atoms with Gasteiger partial charge in [-0.3, -0.25) is 14.8 Å². The highest BCUT2D eigenvalue weighted by Gasteiger charge is 2.43. The number of carbonyl (C=O) groups is 1. The fourth-order valence-electron chi connectivity index (χ4n) is 3.33. The van der Waals surface area contributed by atoms with Gasteiger partial charge in [0.25, 0.3) is 0 Å². The van der Waals surface area contributed by atoms with E-state index in [2.05, 4.69) is 15.3 Å². The normalized spacial score (nSPS) is 22.3. The number of nitrogens with zero attached hydrogens (tertiary/aromatic N) is 3. The van der Waals surface area contributed by atoms with Crippen LogP contribution in [0.15, 0.2) is 30.6 Å². The molecule has 1 aliphatic rings. The van der Waals surface area contributed by atoms with Gasteiger partial charge in [0, 0.05) is 31.5 Å². The molecule has 0 spiro atoms. The second-order valence-electron chi connectivity index (χ2n) is 6.67. The smallest absolute Gasteiger partial charge is 0.367 e. The van der Waals surface area contributed by atoms with Crippen molar-refractivity contribution in [3.63, 3.8) is 0 Å². The minimum atomic E-state index is -4.75. The average molecular weight is 367 g/mol. The van der Waals surface area contributed by atoms with Crippen molar-refractivity contribution in [1.82, 2.24) is 15.3 Å². The molecule has 1 aliphatic heterocycles. The lowest BCUT2D eigenvalue weighted by molar-refractivity contribution is -0.163. The molecule has 6 nitrogen and oxygen atoms in total. The lowest BCUT2D eigenvalue weighted by Gasteiger charge is -2.38. The second-order valence-corrected chi connectivity index (χ2v) is 6.67. The minimum Gasteiger partial charge on any atom is -0.367 e. The van der Waals surface area contributed by atoms with Gasteiger partial charge in [0.15, 0.2) is 6.04 Å². The number of aromatic nitrogens is 2. The maximum atomic E-state index is 12.6. The third kappa shape index (κ3) is 3.87. The van der Waals surface area contributed by atoms with Crippen LogP contribution in [0.25, 0.3) is 11.0 Å². The fraction of sp³-hybridized carbons (Fsp3) is 0.471. The molecule has 1 aromatic heterocycles. The number of alkyl halides is 3. The summed E-state index contributed by atoms with van der Waals surface area (Å²) in [5, 5.41) is 2.44. The van der Waals surface area contributed by atoms with E-state index in [4.69, 9.17) is 5.73 Å². The number of carbonyl (C=O) groups excluding carboxylic acids is 1. The molecule has 3 atom stereocenters. The Morgan fingerprint density at radius 1 is 1.31 bits per heavy atom. The number of piperidine rings is 1. The van der Waals surface area contributed by atoms with Crippen LogP contribution < -0.4 is 16.0 Å². The van der Waals surface area contributed by atoms with E-state index in [9.17, 15) is 18.0 Å². The van der Waals surface area contributed by atoms with Gasteiger partial charge in [-0.15, -0.1) is 0 Å². The van der Waals surface area contributed by atoms with Crippen LogP contribution in [0.2, 0.25) is 0 Å². The van der Waals surface area contributed by atoms with Gasteiger partial charge < -0.3 is 16.0 Å². The first kappa shape index (κ1) is 18.4. The van der Waals surface area contributed by atoms with Crippen LogP contribution in [0.3, 0.4) is 0 Å². The Hall–Kier alpha value is -2.42. The van der Waals surface area contributed by atoms with Crippen molar-refractivity contribution in [2.45, 2.75) is 31.6 Å². The molecule has 2 heterocycles. The summed E-state index contributed by atoms with van der Waals surface area (Å²) in [5.41, 5.74) is 7.31. The summed E-state index contributed by atoms with van der Waals surface area (Å²) in [6.45, 7) is 3.09. The molecule has 26 heavy (non-hydrogen) atoms. The van der Waals surface area contributed by atoms with Crippen LogP contribution in [-0.4, -0.2) is 47.2 Å². The van der Waals surface area contributed by atoms with Crippen molar-refractivity contribution in [3.8, 4) is 0 Å². The Morgan fingerprint density at radius 3 is 2.77 bits per heavy atom. The van der Waals surface area contributed by atoms with Crippen LogP contribution in [-0.2, 0) is 4.79 Å². The van der Waals surface area contributed by atoms with E-state index in [0.717, 1.165) is 16.7 Å². The molecule has 0 bridgehead atoms. The zero-order valence-electron chi connectivity index (χ0n) is 14.2. The standard InChI is InChI=1S/C17H20F3N5O/c1-10-7-11(24-16(26)15(21)17(18,19)20)9-25(8-10)13-4-2-3-12-14(13)23-6-5-22-12/h2-6,10-11,15H,7-9,21H2,1H3,(H,24,26)/t10-,11+,15?/m0/s1. The molecule has 1 aromatic carbocycles. The lowest BCUT2D eigenvalue weighted by atomic mass is 9.95. The van der Waals surface area contributed by atoms with Crippen LogP contribution >= 0.6 is 0 Å². The zero-order chi connectivity index (χ0) is 18.9. The van der Waals surface area contributed by atoms with Crippen molar-refractivity contribution in [2.24, 2.45) is 11.7 Å². The molecule has 3 N–H and O–H groups in total. The van der Waals surface area contributed by atoms with E-state index < -0.39 is 24.2 Å². The summed E-state index contributed by atoms with van der Waals surface area (Å²) in [5.74, 6) is -1.02. The summed E-state index contributed by atoms with van der Waals surface area (Å²) in [6, 6.07) is 2.66. The Balaban J connectivity index is 1.79. The summed E-state index contributed by atoms with van der Waals surface area (Å²) in [6.07, 6.45) is -0.966. The third-order valence-corrected chi connectivity index (χ3v) is 4.46. The van der Waals surface area contributed by atoms with E-state index >= 15 is 0 Å². The number of nitrogens with two attached hydrogens (primary N) is 1. The monoisotopic (exact) mass is 367 g/mol. The number of nitrogens with one attached hydrogen (secondary N) is 1. The first-order valence-electron chi connectivity index (χ1n) is 8.33. The van der Waals surface area contributed by atoms with Crippen molar-refractivity contribution in [3.05, 3.63) is 30.6 Å². The van der Waals surface area contributed by atoms with Gasteiger partial charge in [0.2, 0.25) is 5.91 Å². The fourth-order valence-corrected chi connectivity index (χ4v) is 3.33. The number of anilines is 1. The number of fused-ring (bicyclic) bond motifs is 1. The van der Waals surface area contributed by atoms with Gasteiger partial charge >= 0.3 is 6.18 Å². The predicted octanol–water partition coefficient (Wildman–Crippen LogP) is 1.85. The summed E-state index contributed by atoms with van der Waals surface area (Å²) in [7, 11) is 0. The molecule has 1 fully saturated rings. The summed E-state index contributed by atoms with van der Waals surface area (Å²) < 4.78 is 37.9. The molecule has 140 valence electrons. The van der Waals surface area contributed by atoms with Crippen molar-refractivity contribution in [1.29, 1.82) is 0 Å². The van der Waals surface area contributed by atoms with Crippen molar-refractivity contribution < 1.29 is 18.0 Å². The van der Waals surface area contributed by atoms with E-state index in [-0.39, 0.29) is 5.92 Å². The van der Waals surface area contributed by atoms with Gasteiger partial charge in [-0.25, -0.2) is 0 Å². The molecule has 1 amide bonds. The Labute approximate surface area is 148 Å². The van der Waals surface area contributed by atoms with Crippen LogP contribution in [0, 0.1) is 5.92 Å². The summed E-state index contributed by atoms with van der Waals surface area (Å²) >= 11 is 0. The van der Waals surface area contributed by atoms with E-state index in [1.807, 2.05) is 30.0 Å². The molecular formula is C17H20F3N5O. The van der Waals surface area contributed by atoms with Crippen molar-refractivity contribution in [2.75, 3.05) is 18.0 Å². The second kappa shape index (κ2) is 7.06. The molecule has 0 radical (unpaired) electrons. The molecule has 0 saturated carbocycles. The SMILES string of the molecule is C[C@H]1C[C@@H](NC(=O)C(N)C(F)(F)F)CN(c2cccc3nccnc23)C1. The first-order valence-corrected chi connectivity index (χ1v) is 8.33. The first-order chi connectivity index (χ1) is 12.3. The van der Waals surface area contributed by atoms with Gasteiger partial charge in [-0.1, -0.05) is 13.0 Å². The molecule has 0 aliphatic carbocycles. The molecule has 1 unspecified atom stereocenters. The highest BCUT2D eigenvalue weighted by molar-refractivity contribution is 5.88. The average Bonchev–Trinajstić information content (AvgIpc) is 2.59. The highest BCUT2D eigenvalue weighted by atomic mass is 19.4. The van der Waals surface area contributed by atoms with Crippen LogP contribution in [0.1, 0.15) is 13.3 Å². The minimum absolute atomic E-state index is 0.183. The molecular weight excluding hydrogens is 347 g/mol. The molecule has 3 rings (SSSR count). The van der Waals surface area contributed by atoms with Crippen LogP contribution in [0.5, 0.6) is 0 Å². The van der Waals surface area contributed by atoms with E-state index in [1.165, 1.54) is 0 Å². The molecule has 2 aromatic rings. The number of hydrogen-bond acceptors (Lipinski definition) is 5. The summed E-state index contributed by atoms with van der Waals surface area (Å²) in [4.78, 5) is 22.5. The number of amides is 1. The van der Waals surface area contributed by atoms with Gasteiger partial charge in [-0.2, -0.15) is 13.2 Å². The predicted molar refractivity (Wildman–Crippen MR) is 91.5 cm³/mol. The maximum Gasteiger partial charge on any atom is 0.412 e. The molecule has 1 saturated heterocycles. The number of rotatable bonds is 3. The largest absolute Gasteiger partial charge is 0.412 e. The third-order valence-electron chi connectivity index (χ3n) is 4.46. The topological polar surface area (TPSA) is 84.1 Å². The van der Waals surface area contributed by atoms with Crippen LogP contribution in [0.4, 0.5) is 18.9 Å². The number of halogens is 3. The maximum absolute atomic E-state index is 12.6. The molecule has 9 heteroatoms. The van der Waals surface area contributed by atoms with Gasteiger partial charge in [-0.05, 0) is 24.5 Å². The zero-order valence-corrected chi connectivity index (χ0v) is 14.2. The van der Waals surface area contributed by atoms with E-state index in [0.29, 0.717) is 19.5 Å². The van der Waals surface area contributed by atoms with Crippen molar-refractivity contribution >= 4 is 22.6 Å². The Kier molecular flexibility index (Phi) is 4.99. The number of para-hydroxylation sites is 1. The Bertz CT molecular complexity index is 792. The lowest BCUT2D eigenvalue weighted by Crippen LogP contribution is -2.57. The van der Waals surface area contributed by atoms with Gasteiger partial charge in [0.1, 0.15) is 5.52 Å². The van der Waals surface area contributed by atoms with E-state index in [1.54, 1.807) is 12.4 Å². The Morgan fingerprint density at radius 2 is 2.04 bits per heavy atom. The quantitative estimate of drug-likeness (QED) is 0.865.